The summed E-state index contributed by atoms with van der Waals surface area (Å²) in [7, 11) is 0. The number of nitrogens with zero attached hydrogens (tertiary/aromatic N) is 1. The SMILES string of the molecule is O=C(O)[C@@H]1CN(C(=O)C2CC23CC3)C[C@@H]1c1ccccc1. The Balaban J connectivity index is 1.54. The van der Waals surface area contributed by atoms with Crippen molar-refractivity contribution in [2.75, 3.05) is 13.1 Å². The fourth-order valence-electron chi connectivity index (χ4n) is 3.90. The third kappa shape index (κ3) is 2.04. The highest BCUT2D eigenvalue weighted by Gasteiger charge is 2.66. The van der Waals surface area contributed by atoms with Crippen LogP contribution in [0.3, 0.4) is 0 Å². The number of amides is 1. The second-order valence-corrected chi connectivity index (χ2v) is 6.82. The second kappa shape index (κ2) is 4.33. The second-order valence-electron chi connectivity index (χ2n) is 6.82. The van der Waals surface area contributed by atoms with Gasteiger partial charge < -0.3 is 10.0 Å². The molecular formula is C17H19NO3. The molecule has 1 N–H and O–H groups in total. The van der Waals surface area contributed by atoms with Crippen LogP contribution in [0.4, 0.5) is 0 Å². The van der Waals surface area contributed by atoms with Crippen molar-refractivity contribution in [2.45, 2.75) is 25.2 Å². The summed E-state index contributed by atoms with van der Waals surface area (Å²) in [6, 6.07) is 9.72. The molecule has 110 valence electrons. The van der Waals surface area contributed by atoms with Crippen LogP contribution in [-0.4, -0.2) is 35.0 Å². The minimum absolute atomic E-state index is 0.0819. The number of carboxylic acid groups (broad SMARTS) is 1. The summed E-state index contributed by atoms with van der Waals surface area (Å²) in [5.41, 5.74) is 1.36. The van der Waals surface area contributed by atoms with E-state index >= 15 is 0 Å². The van der Waals surface area contributed by atoms with E-state index < -0.39 is 11.9 Å². The number of benzene rings is 1. The van der Waals surface area contributed by atoms with Gasteiger partial charge in [-0.15, -0.1) is 0 Å². The molecule has 2 aliphatic carbocycles. The molecule has 1 aliphatic heterocycles. The molecule has 1 saturated heterocycles. The highest BCUT2D eigenvalue weighted by molar-refractivity contribution is 5.85. The summed E-state index contributed by atoms with van der Waals surface area (Å²) in [5, 5.41) is 9.48. The molecule has 1 heterocycles. The number of aliphatic carboxylic acids is 1. The Morgan fingerprint density at radius 2 is 1.86 bits per heavy atom. The van der Waals surface area contributed by atoms with Gasteiger partial charge >= 0.3 is 5.97 Å². The molecule has 4 heteroatoms. The van der Waals surface area contributed by atoms with Crippen molar-refractivity contribution >= 4 is 11.9 Å². The zero-order valence-electron chi connectivity index (χ0n) is 11.9. The molecule has 1 aromatic carbocycles. The van der Waals surface area contributed by atoms with Crippen molar-refractivity contribution in [1.29, 1.82) is 0 Å². The largest absolute Gasteiger partial charge is 0.481 e. The van der Waals surface area contributed by atoms with E-state index in [-0.39, 0.29) is 17.7 Å². The van der Waals surface area contributed by atoms with Gasteiger partial charge in [0.2, 0.25) is 5.91 Å². The van der Waals surface area contributed by atoms with Gasteiger partial charge in [0.15, 0.2) is 0 Å². The average Bonchev–Trinajstić information content (AvgIpc) is 3.38. The summed E-state index contributed by atoms with van der Waals surface area (Å²) in [5.74, 6) is -0.985. The highest BCUT2D eigenvalue weighted by Crippen LogP contribution is 2.71. The van der Waals surface area contributed by atoms with Gasteiger partial charge in [-0.05, 0) is 30.2 Å². The first kappa shape index (κ1) is 12.9. The van der Waals surface area contributed by atoms with Crippen molar-refractivity contribution in [3.8, 4) is 0 Å². The van der Waals surface area contributed by atoms with Crippen LogP contribution in [0.25, 0.3) is 0 Å². The molecule has 1 spiro atoms. The van der Waals surface area contributed by atoms with Crippen LogP contribution in [-0.2, 0) is 9.59 Å². The fraction of sp³-hybridized carbons (Fsp3) is 0.529. The molecule has 21 heavy (non-hydrogen) atoms. The summed E-state index contributed by atoms with van der Waals surface area (Å²) in [6.07, 6.45) is 3.39. The monoisotopic (exact) mass is 285 g/mol. The van der Waals surface area contributed by atoms with E-state index in [4.69, 9.17) is 0 Å². The Bertz CT molecular complexity index is 593. The van der Waals surface area contributed by atoms with E-state index in [1.54, 1.807) is 4.90 Å². The predicted molar refractivity (Wildman–Crippen MR) is 76.7 cm³/mol. The molecule has 3 fully saturated rings. The number of hydrogen-bond acceptors (Lipinski definition) is 2. The van der Waals surface area contributed by atoms with E-state index in [9.17, 15) is 14.7 Å². The smallest absolute Gasteiger partial charge is 0.308 e. The van der Waals surface area contributed by atoms with Gasteiger partial charge in [-0.2, -0.15) is 0 Å². The van der Waals surface area contributed by atoms with Gasteiger partial charge in [-0.25, -0.2) is 0 Å². The third-order valence-electron chi connectivity index (χ3n) is 5.56. The maximum absolute atomic E-state index is 12.5. The zero-order valence-corrected chi connectivity index (χ0v) is 11.9. The lowest BCUT2D eigenvalue weighted by molar-refractivity contribution is -0.142. The predicted octanol–water partition coefficient (Wildman–Crippen LogP) is 2.11. The first-order valence-electron chi connectivity index (χ1n) is 7.67. The third-order valence-corrected chi connectivity index (χ3v) is 5.56. The van der Waals surface area contributed by atoms with Crippen molar-refractivity contribution in [3.63, 3.8) is 0 Å². The average molecular weight is 285 g/mol. The molecule has 0 bridgehead atoms. The number of hydrogen-bond donors (Lipinski definition) is 1. The molecule has 0 aromatic heterocycles. The Labute approximate surface area is 123 Å². The maximum atomic E-state index is 12.5. The van der Waals surface area contributed by atoms with E-state index in [1.807, 2.05) is 30.3 Å². The first-order chi connectivity index (χ1) is 10.1. The minimum atomic E-state index is -0.795. The van der Waals surface area contributed by atoms with E-state index in [0.717, 1.165) is 12.0 Å². The number of carbonyl (C=O) groups is 2. The lowest BCUT2D eigenvalue weighted by Crippen LogP contribution is -2.31. The van der Waals surface area contributed by atoms with Crippen molar-refractivity contribution in [3.05, 3.63) is 35.9 Å². The summed E-state index contributed by atoms with van der Waals surface area (Å²) in [4.78, 5) is 25.9. The summed E-state index contributed by atoms with van der Waals surface area (Å²) < 4.78 is 0. The summed E-state index contributed by atoms with van der Waals surface area (Å²) in [6.45, 7) is 0.909. The number of carboxylic acids is 1. The van der Waals surface area contributed by atoms with Gasteiger partial charge in [0, 0.05) is 24.9 Å². The van der Waals surface area contributed by atoms with Crippen LogP contribution < -0.4 is 0 Å². The van der Waals surface area contributed by atoms with Crippen LogP contribution in [0.1, 0.15) is 30.7 Å². The van der Waals surface area contributed by atoms with Gasteiger partial charge in [-0.1, -0.05) is 30.3 Å². The Morgan fingerprint density at radius 3 is 2.43 bits per heavy atom. The molecule has 4 nitrogen and oxygen atoms in total. The van der Waals surface area contributed by atoms with Crippen molar-refractivity contribution in [2.24, 2.45) is 17.3 Å². The molecule has 1 amide bonds. The van der Waals surface area contributed by atoms with E-state index in [1.165, 1.54) is 12.8 Å². The molecular weight excluding hydrogens is 266 g/mol. The quantitative estimate of drug-likeness (QED) is 0.925. The Hall–Kier alpha value is -1.84. The molecule has 1 aromatic rings. The van der Waals surface area contributed by atoms with Gasteiger partial charge in [0.25, 0.3) is 0 Å². The molecule has 1 unspecified atom stereocenters. The standard InChI is InChI=1S/C17H19NO3/c19-15(14-8-17(14)6-7-17)18-9-12(13(10-18)16(20)21)11-4-2-1-3-5-11/h1-5,12-14H,6-10H2,(H,20,21)/t12-,13-,14?/m1/s1. The number of likely N-dealkylation sites (tertiary alicyclic amines) is 1. The van der Waals surface area contributed by atoms with Crippen molar-refractivity contribution < 1.29 is 14.7 Å². The molecule has 3 atom stereocenters. The van der Waals surface area contributed by atoms with E-state index in [0.29, 0.717) is 18.5 Å². The van der Waals surface area contributed by atoms with Crippen molar-refractivity contribution in [1.82, 2.24) is 4.90 Å². The van der Waals surface area contributed by atoms with Crippen LogP contribution >= 0.6 is 0 Å². The minimum Gasteiger partial charge on any atom is -0.481 e. The molecule has 0 radical (unpaired) electrons. The van der Waals surface area contributed by atoms with Gasteiger partial charge in [0.05, 0.1) is 5.92 Å². The highest BCUT2D eigenvalue weighted by atomic mass is 16.4. The van der Waals surface area contributed by atoms with Crippen LogP contribution in [0.15, 0.2) is 30.3 Å². The maximum Gasteiger partial charge on any atom is 0.308 e. The molecule has 4 rings (SSSR count). The van der Waals surface area contributed by atoms with Gasteiger partial charge in [0.1, 0.15) is 0 Å². The Kier molecular flexibility index (Phi) is 2.65. The first-order valence-corrected chi connectivity index (χ1v) is 7.67. The molecule has 3 aliphatic rings. The zero-order chi connectivity index (χ0) is 14.6. The lowest BCUT2D eigenvalue weighted by atomic mass is 9.89. The topological polar surface area (TPSA) is 57.6 Å². The normalized spacial score (nSPS) is 32.2. The van der Waals surface area contributed by atoms with E-state index in [2.05, 4.69) is 0 Å². The Morgan fingerprint density at radius 1 is 1.14 bits per heavy atom. The van der Waals surface area contributed by atoms with Crippen LogP contribution in [0.2, 0.25) is 0 Å². The van der Waals surface area contributed by atoms with Crippen LogP contribution in [0, 0.1) is 17.3 Å². The lowest BCUT2D eigenvalue weighted by Gasteiger charge is -2.16. The number of rotatable bonds is 3. The number of carbonyl (C=O) groups excluding carboxylic acids is 1. The van der Waals surface area contributed by atoms with Gasteiger partial charge in [-0.3, -0.25) is 9.59 Å². The summed E-state index contributed by atoms with van der Waals surface area (Å²) >= 11 is 0. The van der Waals surface area contributed by atoms with Crippen LogP contribution in [0.5, 0.6) is 0 Å². The fourth-order valence-corrected chi connectivity index (χ4v) is 3.90. The molecule has 2 saturated carbocycles.